The third-order valence-electron chi connectivity index (χ3n) is 4.47. The molecule has 1 atom stereocenters. The Labute approximate surface area is 154 Å². The summed E-state index contributed by atoms with van der Waals surface area (Å²) in [6.07, 6.45) is 0.640. The average Bonchev–Trinajstić information content (AvgIpc) is 3.04. The van der Waals surface area contributed by atoms with E-state index in [2.05, 4.69) is 10.3 Å². The molecule has 26 heavy (non-hydrogen) atoms. The van der Waals surface area contributed by atoms with E-state index in [9.17, 15) is 9.59 Å². The SMILES string of the molecule is NC(=O)c1ccc2c(c1)OCC[C@H]2NC(=O)c1cc2ccc(Cl)cc2[nH]1. The predicted octanol–water partition coefficient (Wildman–Crippen LogP) is 3.17. The largest absolute Gasteiger partial charge is 0.493 e. The number of benzene rings is 2. The molecule has 1 aliphatic heterocycles. The van der Waals surface area contributed by atoms with Crippen LogP contribution in [0.15, 0.2) is 42.5 Å². The van der Waals surface area contributed by atoms with E-state index in [1.54, 1.807) is 36.4 Å². The Kier molecular flexibility index (Phi) is 4.05. The number of aromatic nitrogens is 1. The van der Waals surface area contributed by atoms with Gasteiger partial charge in [0, 0.05) is 33.5 Å². The third kappa shape index (κ3) is 2.99. The second-order valence-corrected chi connectivity index (χ2v) is 6.63. The number of nitrogens with two attached hydrogens (primary N) is 1. The summed E-state index contributed by atoms with van der Waals surface area (Å²) in [5.74, 6) is -0.158. The van der Waals surface area contributed by atoms with Gasteiger partial charge in [-0.25, -0.2) is 0 Å². The van der Waals surface area contributed by atoms with Crippen molar-refractivity contribution in [1.82, 2.24) is 10.3 Å². The van der Waals surface area contributed by atoms with E-state index in [0.29, 0.717) is 35.1 Å². The molecule has 0 bridgehead atoms. The molecule has 4 N–H and O–H groups in total. The molecule has 0 saturated carbocycles. The molecule has 0 unspecified atom stereocenters. The molecule has 0 fully saturated rings. The average molecular weight is 370 g/mol. The molecule has 132 valence electrons. The number of nitrogens with one attached hydrogen (secondary N) is 2. The number of carbonyl (C=O) groups is 2. The van der Waals surface area contributed by atoms with Crippen LogP contribution in [0.5, 0.6) is 5.75 Å². The van der Waals surface area contributed by atoms with Crippen molar-refractivity contribution in [2.75, 3.05) is 6.61 Å². The molecule has 3 aromatic rings. The molecule has 0 aliphatic carbocycles. The Morgan fingerprint density at radius 2 is 2.04 bits per heavy atom. The smallest absolute Gasteiger partial charge is 0.268 e. The van der Waals surface area contributed by atoms with Gasteiger partial charge in [-0.05, 0) is 30.3 Å². The Hall–Kier alpha value is -2.99. The topological polar surface area (TPSA) is 97.2 Å². The van der Waals surface area contributed by atoms with Gasteiger partial charge in [0.15, 0.2) is 0 Å². The van der Waals surface area contributed by atoms with Gasteiger partial charge in [-0.2, -0.15) is 0 Å². The summed E-state index contributed by atoms with van der Waals surface area (Å²) in [6.45, 7) is 0.447. The van der Waals surface area contributed by atoms with E-state index < -0.39 is 5.91 Å². The van der Waals surface area contributed by atoms with Crippen molar-refractivity contribution in [2.45, 2.75) is 12.5 Å². The van der Waals surface area contributed by atoms with Crippen molar-refractivity contribution in [3.8, 4) is 5.75 Å². The summed E-state index contributed by atoms with van der Waals surface area (Å²) in [5, 5.41) is 4.54. The molecule has 6 nitrogen and oxygen atoms in total. The van der Waals surface area contributed by atoms with Gasteiger partial charge < -0.3 is 20.8 Å². The quantitative estimate of drug-likeness (QED) is 0.661. The first kappa shape index (κ1) is 16.5. The Morgan fingerprint density at radius 1 is 1.19 bits per heavy atom. The fourth-order valence-electron chi connectivity index (χ4n) is 3.15. The van der Waals surface area contributed by atoms with E-state index in [0.717, 1.165) is 16.5 Å². The lowest BCUT2D eigenvalue weighted by molar-refractivity contribution is 0.0918. The summed E-state index contributed by atoms with van der Waals surface area (Å²) in [6, 6.07) is 12.0. The lowest BCUT2D eigenvalue weighted by atomic mass is 9.98. The number of primary amides is 1. The van der Waals surface area contributed by atoms with Crippen LogP contribution in [-0.2, 0) is 0 Å². The van der Waals surface area contributed by atoms with E-state index in [-0.39, 0.29) is 11.9 Å². The van der Waals surface area contributed by atoms with Crippen molar-refractivity contribution >= 4 is 34.3 Å². The van der Waals surface area contributed by atoms with Crippen LogP contribution in [0.1, 0.15) is 38.9 Å². The van der Waals surface area contributed by atoms with Crippen LogP contribution < -0.4 is 15.8 Å². The molecule has 4 rings (SSSR count). The second-order valence-electron chi connectivity index (χ2n) is 6.19. The maximum absolute atomic E-state index is 12.7. The zero-order valence-corrected chi connectivity index (χ0v) is 14.5. The van der Waals surface area contributed by atoms with Gasteiger partial charge in [0.1, 0.15) is 11.4 Å². The first-order chi connectivity index (χ1) is 12.5. The summed E-state index contributed by atoms with van der Waals surface area (Å²) in [7, 11) is 0. The zero-order valence-electron chi connectivity index (χ0n) is 13.7. The van der Waals surface area contributed by atoms with Crippen LogP contribution in [0, 0.1) is 0 Å². The normalized spacial score (nSPS) is 16.0. The van der Waals surface area contributed by atoms with Gasteiger partial charge >= 0.3 is 0 Å². The van der Waals surface area contributed by atoms with Crippen molar-refractivity contribution in [3.63, 3.8) is 0 Å². The number of fused-ring (bicyclic) bond motifs is 2. The molecule has 1 aliphatic rings. The molecule has 2 amide bonds. The zero-order chi connectivity index (χ0) is 18.3. The Bertz CT molecular complexity index is 1030. The van der Waals surface area contributed by atoms with E-state index in [1.165, 1.54) is 0 Å². The fraction of sp³-hybridized carbons (Fsp3) is 0.158. The lowest BCUT2D eigenvalue weighted by Gasteiger charge is -2.26. The van der Waals surface area contributed by atoms with E-state index in [1.807, 2.05) is 6.07 Å². The molecular formula is C19H16ClN3O3. The number of hydrogen-bond donors (Lipinski definition) is 3. The number of ether oxygens (including phenoxy) is 1. The second kappa shape index (κ2) is 6.38. The molecule has 0 saturated heterocycles. The molecular weight excluding hydrogens is 354 g/mol. The van der Waals surface area contributed by atoms with Crippen LogP contribution in [0.25, 0.3) is 10.9 Å². The van der Waals surface area contributed by atoms with Crippen LogP contribution in [0.2, 0.25) is 5.02 Å². The highest BCUT2D eigenvalue weighted by atomic mass is 35.5. The summed E-state index contributed by atoms with van der Waals surface area (Å²) < 4.78 is 5.61. The Balaban J connectivity index is 1.59. The standard InChI is InChI=1S/C19H16ClN3O3/c20-12-3-1-10-7-16(22-15(10)9-12)19(25)23-14-5-6-26-17-8-11(18(21)24)2-4-13(14)17/h1-4,7-9,14,22H,5-6H2,(H2,21,24)(H,23,25)/t14-/m1/s1. The van der Waals surface area contributed by atoms with Gasteiger partial charge in [-0.1, -0.05) is 23.7 Å². The minimum absolute atomic E-state index is 0.205. The summed E-state index contributed by atoms with van der Waals surface area (Å²) in [5.41, 5.74) is 7.78. The first-order valence-corrected chi connectivity index (χ1v) is 8.55. The van der Waals surface area contributed by atoms with Crippen molar-refractivity contribution in [2.24, 2.45) is 5.73 Å². The van der Waals surface area contributed by atoms with Gasteiger partial charge in [0.05, 0.1) is 12.6 Å². The molecule has 2 heterocycles. The predicted molar refractivity (Wildman–Crippen MR) is 98.6 cm³/mol. The van der Waals surface area contributed by atoms with Crippen LogP contribution >= 0.6 is 11.6 Å². The maximum atomic E-state index is 12.7. The highest BCUT2D eigenvalue weighted by molar-refractivity contribution is 6.31. The number of carbonyl (C=O) groups excluding carboxylic acids is 2. The molecule has 1 aromatic heterocycles. The molecule has 0 radical (unpaired) electrons. The maximum Gasteiger partial charge on any atom is 0.268 e. The number of hydrogen-bond acceptors (Lipinski definition) is 3. The van der Waals surface area contributed by atoms with Crippen LogP contribution in [0.3, 0.4) is 0 Å². The number of rotatable bonds is 3. The number of aromatic amines is 1. The first-order valence-electron chi connectivity index (χ1n) is 8.17. The lowest BCUT2D eigenvalue weighted by Crippen LogP contribution is -2.32. The van der Waals surface area contributed by atoms with Crippen LogP contribution in [-0.4, -0.2) is 23.4 Å². The van der Waals surface area contributed by atoms with Gasteiger partial charge in [0.25, 0.3) is 5.91 Å². The van der Waals surface area contributed by atoms with Gasteiger partial charge in [-0.3, -0.25) is 9.59 Å². The monoisotopic (exact) mass is 369 g/mol. The third-order valence-corrected chi connectivity index (χ3v) is 4.71. The fourth-order valence-corrected chi connectivity index (χ4v) is 3.32. The van der Waals surface area contributed by atoms with Gasteiger partial charge in [-0.15, -0.1) is 0 Å². The number of halogens is 1. The number of H-pyrrole nitrogens is 1. The Morgan fingerprint density at radius 3 is 2.85 bits per heavy atom. The highest BCUT2D eigenvalue weighted by Gasteiger charge is 2.25. The van der Waals surface area contributed by atoms with E-state index in [4.69, 9.17) is 22.1 Å². The summed E-state index contributed by atoms with van der Waals surface area (Å²) in [4.78, 5) is 27.1. The van der Waals surface area contributed by atoms with Gasteiger partial charge in [0.2, 0.25) is 5.91 Å². The minimum atomic E-state index is -0.515. The highest BCUT2D eigenvalue weighted by Crippen LogP contribution is 2.33. The van der Waals surface area contributed by atoms with Crippen molar-refractivity contribution in [3.05, 3.63) is 64.3 Å². The minimum Gasteiger partial charge on any atom is -0.493 e. The summed E-state index contributed by atoms with van der Waals surface area (Å²) >= 11 is 5.99. The number of amides is 2. The van der Waals surface area contributed by atoms with Crippen molar-refractivity contribution < 1.29 is 14.3 Å². The molecule has 7 heteroatoms. The molecule has 2 aromatic carbocycles. The van der Waals surface area contributed by atoms with Crippen LogP contribution in [0.4, 0.5) is 0 Å². The van der Waals surface area contributed by atoms with E-state index >= 15 is 0 Å². The molecule has 0 spiro atoms. The van der Waals surface area contributed by atoms with Crippen molar-refractivity contribution in [1.29, 1.82) is 0 Å².